The van der Waals surface area contributed by atoms with E-state index in [4.69, 9.17) is 10.4 Å². The molecule has 0 bridgehead atoms. The van der Waals surface area contributed by atoms with Gasteiger partial charge in [0.2, 0.25) is 0 Å². The van der Waals surface area contributed by atoms with Crippen LogP contribution in [0, 0.1) is 11.3 Å². The molecule has 2 aliphatic rings. The van der Waals surface area contributed by atoms with Gasteiger partial charge in [0.15, 0.2) is 0 Å². The van der Waals surface area contributed by atoms with E-state index in [1.165, 1.54) is 32.1 Å². The van der Waals surface area contributed by atoms with Gasteiger partial charge >= 0.3 is 0 Å². The summed E-state index contributed by atoms with van der Waals surface area (Å²) in [6.45, 7) is 1.87. The van der Waals surface area contributed by atoms with Crippen LogP contribution in [0.2, 0.25) is 0 Å². The summed E-state index contributed by atoms with van der Waals surface area (Å²) in [7, 11) is 0. The molecule has 4 nitrogen and oxygen atoms in total. The van der Waals surface area contributed by atoms with Crippen molar-refractivity contribution in [2.45, 2.75) is 63.6 Å². The number of nitriles is 1. The smallest absolute Gasteiger partial charge is 0.0981 e. The van der Waals surface area contributed by atoms with Crippen molar-refractivity contribution in [3.8, 4) is 6.07 Å². The van der Waals surface area contributed by atoms with Gasteiger partial charge in [0, 0.05) is 12.7 Å². The third kappa shape index (κ3) is 2.82. The molecule has 1 aliphatic heterocycles. The molecular formula is C15H22N4. The standard InChI is InChI=1S/C15H22N4/c16-11-15-7-4-9-18(15)12-13-8-10-19(17-13)14-5-2-1-3-6-14/h8,10,14-15H,1-7,9,12H2. The highest BCUT2D eigenvalue weighted by Crippen LogP contribution is 2.27. The molecule has 1 saturated heterocycles. The van der Waals surface area contributed by atoms with Crippen molar-refractivity contribution in [3.63, 3.8) is 0 Å². The number of aromatic nitrogens is 2. The Morgan fingerprint density at radius 2 is 2.05 bits per heavy atom. The summed E-state index contributed by atoms with van der Waals surface area (Å²) in [4.78, 5) is 2.26. The van der Waals surface area contributed by atoms with Crippen molar-refractivity contribution < 1.29 is 0 Å². The van der Waals surface area contributed by atoms with Crippen molar-refractivity contribution in [3.05, 3.63) is 18.0 Å². The van der Waals surface area contributed by atoms with Crippen molar-refractivity contribution in [1.29, 1.82) is 5.26 Å². The van der Waals surface area contributed by atoms with Crippen molar-refractivity contribution in [2.24, 2.45) is 0 Å². The minimum atomic E-state index is 0.0971. The third-order valence-corrected chi connectivity index (χ3v) is 4.49. The second-order valence-corrected chi connectivity index (χ2v) is 5.84. The number of hydrogen-bond donors (Lipinski definition) is 0. The van der Waals surface area contributed by atoms with Gasteiger partial charge in [-0.25, -0.2) is 0 Å². The maximum atomic E-state index is 9.11. The van der Waals surface area contributed by atoms with Gasteiger partial charge in [-0.2, -0.15) is 10.4 Å². The van der Waals surface area contributed by atoms with Gasteiger partial charge in [-0.15, -0.1) is 0 Å². The van der Waals surface area contributed by atoms with Gasteiger partial charge in [0.05, 0.1) is 23.8 Å². The van der Waals surface area contributed by atoms with E-state index in [0.717, 1.165) is 31.6 Å². The van der Waals surface area contributed by atoms with Gasteiger partial charge in [0.25, 0.3) is 0 Å². The Balaban J connectivity index is 1.63. The van der Waals surface area contributed by atoms with E-state index in [1.54, 1.807) is 0 Å². The number of hydrogen-bond acceptors (Lipinski definition) is 3. The first-order chi connectivity index (χ1) is 9.36. The summed E-state index contributed by atoms with van der Waals surface area (Å²) < 4.78 is 2.16. The zero-order chi connectivity index (χ0) is 13.1. The highest BCUT2D eigenvalue weighted by molar-refractivity contribution is 5.04. The fourth-order valence-corrected chi connectivity index (χ4v) is 3.38. The molecule has 0 radical (unpaired) electrons. The lowest BCUT2D eigenvalue weighted by molar-refractivity contribution is 0.277. The van der Waals surface area contributed by atoms with Crippen LogP contribution in [0.5, 0.6) is 0 Å². The number of nitrogens with zero attached hydrogens (tertiary/aromatic N) is 4. The molecule has 1 aliphatic carbocycles. The number of rotatable bonds is 3. The lowest BCUT2D eigenvalue weighted by atomic mass is 9.96. The minimum absolute atomic E-state index is 0.0971. The van der Waals surface area contributed by atoms with Gasteiger partial charge < -0.3 is 0 Å². The molecule has 1 unspecified atom stereocenters. The highest BCUT2D eigenvalue weighted by atomic mass is 15.3. The highest BCUT2D eigenvalue weighted by Gasteiger charge is 2.25. The quantitative estimate of drug-likeness (QED) is 0.837. The molecular weight excluding hydrogens is 236 g/mol. The summed E-state index contributed by atoms with van der Waals surface area (Å²) >= 11 is 0. The first-order valence-corrected chi connectivity index (χ1v) is 7.54. The van der Waals surface area contributed by atoms with Crippen molar-refractivity contribution >= 4 is 0 Å². The SMILES string of the molecule is N#CC1CCCN1Cc1ccn(C2CCCCC2)n1. The maximum Gasteiger partial charge on any atom is 0.0981 e. The molecule has 19 heavy (non-hydrogen) atoms. The van der Waals surface area contributed by atoms with E-state index in [0.29, 0.717) is 6.04 Å². The van der Waals surface area contributed by atoms with Crippen LogP contribution >= 0.6 is 0 Å². The van der Waals surface area contributed by atoms with Crippen LogP contribution in [-0.2, 0) is 6.54 Å². The maximum absolute atomic E-state index is 9.11. The molecule has 1 atom stereocenters. The van der Waals surface area contributed by atoms with Gasteiger partial charge in [-0.3, -0.25) is 9.58 Å². The van der Waals surface area contributed by atoms with Crippen LogP contribution in [0.1, 0.15) is 56.7 Å². The average molecular weight is 258 g/mol. The van der Waals surface area contributed by atoms with Crippen LogP contribution in [0.3, 0.4) is 0 Å². The minimum Gasteiger partial charge on any atom is -0.282 e. The second kappa shape index (κ2) is 5.75. The Morgan fingerprint density at radius 3 is 2.84 bits per heavy atom. The zero-order valence-electron chi connectivity index (χ0n) is 11.5. The predicted octanol–water partition coefficient (Wildman–Crippen LogP) is 2.88. The van der Waals surface area contributed by atoms with Crippen LogP contribution in [0.25, 0.3) is 0 Å². The molecule has 4 heteroatoms. The summed E-state index contributed by atoms with van der Waals surface area (Å²) in [6.07, 6.45) is 10.9. The van der Waals surface area contributed by atoms with Gasteiger partial charge in [0.1, 0.15) is 0 Å². The monoisotopic (exact) mass is 258 g/mol. The van der Waals surface area contributed by atoms with Crippen LogP contribution < -0.4 is 0 Å². The summed E-state index contributed by atoms with van der Waals surface area (Å²) in [5.41, 5.74) is 1.12. The van der Waals surface area contributed by atoms with E-state index in [-0.39, 0.29) is 6.04 Å². The Morgan fingerprint density at radius 1 is 1.21 bits per heavy atom. The van der Waals surface area contributed by atoms with Crippen molar-refractivity contribution in [2.75, 3.05) is 6.54 Å². The molecule has 0 amide bonds. The van der Waals surface area contributed by atoms with E-state index < -0.39 is 0 Å². The largest absolute Gasteiger partial charge is 0.282 e. The van der Waals surface area contributed by atoms with E-state index >= 15 is 0 Å². The molecule has 0 spiro atoms. The fraction of sp³-hybridized carbons (Fsp3) is 0.733. The Hall–Kier alpha value is -1.34. The Bertz CT molecular complexity index is 453. The summed E-state index contributed by atoms with van der Waals surface area (Å²) in [5.74, 6) is 0. The molecule has 3 rings (SSSR count). The molecule has 2 heterocycles. The molecule has 1 aromatic rings. The molecule has 1 aromatic heterocycles. The molecule has 1 saturated carbocycles. The number of likely N-dealkylation sites (tertiary alicyclic amines) is 1. The Kier molecular flexibility index (Phi) is 3.84. The predicted molar refractivity (Wildman–Crippen MR) is 73.4 cm³/mol. The molecule has 102 valence electrons. The topological polar surface area (TPSA) is 44.9 Å². The lowest BCUT2D eigenvalue weighted by Crippen LogP contribution is -2.27. The van der Waals surface area contributed by atoms with Crippen LogP contribution in [-0.4, -0.2) is 27.3 Å². The average Bonchev–Trinajstić information content (AvgIpc) is 3.09. The third-order valence-electron chi connectivity index (χ3n) is 4.49. The van der Waals surface area contributed by atoms with E-state index in [1.807, 2.05) is 0 Å². The normalized spacial score (nSPS) is 25.5. The summed E-state index contributed by atoms with van der Waals surface area (Å²) in [5, 5.41) is 13.8. The fourth-order valence-electron chi connectivity index (χ4n) is 3.38. The molecule has 2 fully saturated rings. The first kappa shape index (κ1) is 12.7. The summed E-state index contributed by atoms with van der Waals surface area (Å²) in [6, 6.07) is 5.22. The van der Waals surface area contributed by atoms with Gasteiger partial charge in [-0.1, -0.05) is 19.3 Å². The Labute approximate surface area is 115 Å². The van der Waals surface area contributed by atoms with E-state index in [2.05, 4.69) is 27.9 Å². The van der Waals surface area contributed by atoms with E-state index in [9.17, 15) is 0 Å². The molecule has 0 aromatic carbocycles. The van der Waals surface area contributed by atoms with Crippen molar-refractivity contribution in [1.82, 2.24) is 14.7 Å². The first-order valence-electron chi connectivity index (χ1n) is 7.54. The molecule has 0 N–H and O–H groups in total. The lowest BCUT2D eigenvalue weighted by Gasteiger charge is -2.22. The second-order valence-electron chi connectivity index (χ2n) is 5.84. The van der Waals surface area contributed by atoms with Gasteiger partial charge in [-0.05, 0) is 38.3 Å². The zero-order valence-corrected chi connectivity index (χ0v) is 11.5. The van der Waals surface area contributed by atoms with Crippen LogP contribution in [0.15, 0.2) is 12.3 Å². The van der Waals surface area contributed by atoms with Crippen LogP contribution in [0.4, 0.5) is 0 Å².